The molecule has 29 heavy (non-hydrogen) atoms. The van der Waals surface area contributed by atoms with Crippen molar-refractivity contribution in [2.75, 3.05) is 13.2 Å². The van der Waals surface area contributed by atoms with Gasteiger partial charge in [0.25, 0.3) is 5.56 Å². The van der Waals surface area contributed by atoms with Gasteiger partial charge in [0.1, 0.15) is 12.1 Å². The van der Waals surface area contributed by atoms with E-state index in [1.165, 1.54) is 4.68 Å². The number of nitrogens with zero attached hydrogens (tertiary/aromatic N) is 4. The lowest BCUT2D eigenvalue weighted by molar-refractivity contribution is -0.122. The molecule has 8 nitrogen and oxygen atoms in total. The summed E-state index contributed by atoms with van der Waals surface area (Å²) in [6, 6.07) is 5.99. The molecule has 1 N–H and O–H groups in total. The van der Waals surface area contributed by atoms with E-state index in [1.807, 2.05) is 39.0 Å². The van der Waals surface area contributed by atoms with E-state index in [0.717, 1.165) is 36.3 Å². The molecule has 152 valence electrons. The number of nitrogens with one attached hydrogen (secondary N) is 1. The molecule has 1 amide bonds. The summed E-state index contributed by atoms with van der Waals surface area (Å²) in [5.74, 6) is -0.258. The molecule has 0 spiro atoms. The van der Waals surface area contributed by atoms with Crippen molar-refractivity contribution in [2.45, 2.75) is 46.3 Å². The maximum atomic E-state index is 13.1. The Balaban J connectivity index is 1.66. The highest BCUT2D eigenvalue weighted by Gasteiger charge is 2.19. The summed E-state index contributed by atoms with van der Waals surface area (Å²) < 4.78 is 8.37. The molecule has 4 rings (SSSR count). The standard InChI is InChI=1S/C21H25N5O3/c1-13-6-7-18(14(2)9-13)26-20-17(11-23-26)15(3)24-25(21(20)28)12-19(27)22-10-16-5-4-8-29-16/h6-7,9,11,16H,4-5,8,10,12H2,1-3H3,(H,22,27). The fourth-order valence-corrected chi connectivity index (χ4v) is 3.78. The molecule has 8 heteroatoms. The second kappa shape index (κ2) is 7.79. The van der Waals surface area contributed by atoms with Crippen LogP contribution in [0.25, 0.3) is 16.6 Å². The van der Waals surface area contributed by atoms with E-state index in [9.17, 15) is 9.59 Å². The van der Waals surface area contributed by atoms with Crippen LogP contribution in [-0.2, 0) is 16.1 Å². The van der Waals surface area contributed by atoms with Gasteiger partial charge in [-0.1, -0.05) is 17.7 Å². The van der Waals surface area contributed by atoms with E-state index >= 15 is 0 Å². The summed E-state index contributed by atoms with van der Waals surface area (Å²) in [6.45, 7) is 6.88. The molecule has 1 unspecified atom stereocenters. The average molecular weight is 395 g/mol. The summed E-state index contributed by atoms with van der Waals surface area (Å²) in [7, 11) is 0. The predicted octanol–water partition coefficient (Wildman–Crippen LogP) is 1.80. The van der Waals surface area contributed by atoms with Crippen molar-refractivity contribution in [3.8, 4) is 5.69 Å². The Morgan fingerprint density at radius 2 is 2.14 bits per heavy atom. The van der Waals surface area contributed by atoms with Gasteiger partial charge in [-0.15, -0.1) is 0 Å². The van der Waals surface area contributed by atoms with Gasteiger partial charge >= 0.3 is 0 Å². The lowest BCUT2D eigenvalue weighted by Gasteiger charge is -2.12. The largest absolute Gasteiger partial charge is 0.376 e. The molecule has 0 saturated carbocycles. The van der Waals surface area contributed by atoms with E-state index in [4.69, 9.17) is 4.74 Å². The quantitative estimate of drug-likeness (QED) is 0.711. The molecule has 1 saturated heterocycles. The van der Waals surface area contributed by atoms with Crippen molar-refractivity contribution in [3.63, 3.8) is 0 Å². The maximum absolute atomic E-state index is 13.1. The van der Waals surface area contributed by atoms with Gasteiger partial charge in [0.15, 0.2) is 0 Å². The molecule has 2 aromatic heterocycles. The van der Waals surface area contributed by atoms with E-state index in [1.54, 1.807) is 10.9 Å². The first-order chi connectivity index (χ1) is 13.9. The molecule has 3 heterocycles. The van der Waals surface area contributed by atoms with E-state index in [2.05, 4.69) is 15.5 Å². The average Bonchev–Trinajstić information content (AvgIpc) is 3.34. The highest BCUT2D eigenvalue weighted by Crippen LogP contribution is 2.20. The van der Waals surface area contributed by atoms with Gasteiger partial charge in [0.05, 0.1) is 23.7 Å². The van der Waals surface area contributed by atoms with Crippen molar-refractivity contribution >= 4 is 16.8 Å². The molecule has 1 fully saturated rings. The fourth-order valence-electron chi connectivity index (χ4n) is 3.78. The van der Waals surface area contributed by atoms with Crippen LogP contribution in [0.2, 0.25) is 0 Å². The summed E-state index contributed by atoms with van der Waals surface area (Å²) >= 11 is 0. The Kier molecular flexibility index (Phi) is 5.19. The van der Waals surface area contributed by atoms with Crippen LogP contribution in [0.15, 0.2) is 29.2 Å². The van der Waals surface area contributed by atoms with Gasteiger partial charge in [0.2, 0.25) is 5.91 Å². The second-order valence-electron chi connectivity index (χ2n) is 7.60. The lowest BCUT2D eigenvalue weighted by Crippen LogP contribution is -2.37. The molecule has 0 bridgehead atoms. The van der Waals surface area contributed by atoms with E-state index < -0.39 is 0 Å². The minimum absolute atomic E-state index is 0.0544. The molecule has 1 aliphatic heterocycles. The number of rotatable bonds is 5. The van der Waals surface area contributed by atoms with Crippen molar-refractivity contribution in [2.24, 2.45) is 0 Å². The van der Waals surface area contributed by atoms with E-state index in [0.29, 0.717) is 23.1 Å². The number of benzene rings is 1. The van der Waals surface area contributed by atoms with Crippen LogP contribution in [0.4, 0.5) is 0 Å². The molecule has 1 atom stereocenters. The monoisotopic (exact) mass is 395 g/mol. The highest BCUT2D eigenvalue weighted by atomic mass is 16.5. The maximum Gasteiger partial charge on any atom is 0.293 e. The molecular formula is C21H25N5O3. The van der Waals surface area contributed by atoms with Crippen LogP contribution in [0, 0.1) is 20.8 Å². The fraction of sp³-hybridized carbons (Fsp3) is 0.429. The van der Waals surface area contributed by atoms with Gasteiger partial charge < -0.3 is 10.1 Å². The zero-order chi connectivity index (χ0) is 20.5. The van der Waals surface area contributed by atoms with Crippen LogP contribution in [-0.4, -0.2) is 44.7 Å². The van der Waals surface area contributed by atoms with Gasteiger partial charge in [0, 0.05) is 18.5 Å². The SMILES string of the molecule is Cc1ccc(-n2ncc3c(C)nn(CC(=O)NCC4CCCO4)c(=O)c32)c(C)c1. The smallest absolute Gasteiger partial charge is 0.293 e. The number of aromatic nitrogens is 4. The van der Waals surface area contributed by atoms with Crippen molar-refractivity contribution in [1.82, 2.24) is 24.9 Å². The Hall–Kier alpha value is -3.00. The Bertz CT molecular complexity index is 1130. The van der Waals surface area contributed by atoms with Crippen molar-refractivity contribution in [3.05, 3.63) is 51.6 Å². The third-order valence-corrected chi connectivity index (χ3v) is 5.29. The number of fused-ring (bicyclic) bond motifs is 1. The molecule has 1 aromatic carbocycles. The zero-order valence-corrected chi connectivity index (χ0v) is 16.9. The van der Waals surface area contributed by atoms with Gasteiger partial charge in [-0.3, -0.25) is 9.59 Å². The van der Waals surface area contributed by atoms with Crippen LogP contribution < -0.4 is 10.9 Å². The predicted molar refractivity (Wildman–Crippen MR) is 109 cm³/mol. The Labute approximate surface area is 168 Å². The highest BCUT2D eigenvalue weighted by molar-refractivity contribution is 5.82. The van der Waals surface area contributed by atoms with Crippen LogP contribution >= 0.6 is 0 Å². The summed E-state index contributed by atoms with van der Waals surface area (Å²) in [4.78, 5) is 25.5. The van der Waals surface area contributed by atoms with Gasteiger partial charge in [-0.05, 0) is 45.2 Å². The third kappa shape index (κ3) is 3.80. The van der Waals surface area contributed by atoms with Gasteiger partial charge in [-0.2, -0.15) is 10.2 Å². The number of hydrogen-bond donors (Lipinski definition) is 1. The van der Waals surface area contributed by atoms with Crippen molar-refractivity contribution < 1.29 is 9.53 Å². The van der Waals surface area contributed by atoms with Crippen molar-refractivity contribution in [1.29, 1.82) is 0 Å². The molecule has 1 aliphatic rings. The summed E-state index contributed by atoms with van der Waals surface area (Å²) in [5, 5.41) is 12.3. The van der Waals surface area contributed by atoms with Crippen LogP contribution in [0.1, 0.15) is 29.7 Å². The summed E-state index contributed by atoms with van der Waals surface area (Å²) in [6.07, 6.45) is 3.66. The zero-order valence-electron chi connectivity index (χ0n) is 16.9. The number of aryl methyl sites for hydroxylation is 3. The molecule has 3 aromatic rings. The number of ether oxygens (including phenoxy) is 1. The Morgan fingerprint density at radius 1 is 1.31 bits per heavy atom. The minimum atomic E-state index is -0.338. The number of hydrogen-bond acceptors (Lipinski definition) is 5. The Morgan fingerprint density at radius 3 is 2.86 bits per heavy atom. The first-order valence-electron chi connectivity index (χ1n) is 9.85. The lowest BCUT2D eigenvalue weighted by atomic mass is 10.1. The number of carbonyl (C=O) groups excluding carboxylic acids is 1. The molecule has 0 aliphatic carbocycles. The third-order valence-electron chi connectivity index (χ3n) is 5.29. The second-order valence-corrected chi connectivity index (χ2v) is 7.60. The molecule has 0 radical (unpaired) electrons. The van der Waals surface area contributed by atoms with Gasteiger partial charge in [-0.25, -0.2) is 9.36 Å². The first-order valence-corrected chi connectivity index (χ1v) is 9.85. The molecular weight excluding hydrogens is 370 g/mol. The first kappa shape index (κ1) is 19.3. The summed E-state index contributed by atoms with van der Waals surface area (Å²) in [5.41, 5.74) is 3.74. The van der Waals surface area contributed by atoms with Crippen LogP contribution in [0.3, 0.4) is 0 Å². The number of amides is 1. The topological polar surface area (TPSA) is 91.0 Å². The van der Waals surface area contributed by atoms with Crippen LogP contribution in [0.5, 0.6) is 0 Å². The minimum Gasteiger partial charge on any atom is -0.376 e. The number of carbonyl (C=O) groups is 1. The van der Waals surface area contributed by atoms with E-state index in [-0.39, 0.29) is 24.1 Å². The normalized spacial score (nSPS) is 16.4.